The van der Waals surface area contributed by atoms with Crippen molar-refractivity contribution in [2.45, 2.75) is 32.6 Å². The van der Waals surface area contributed by atoms with Gasteiger partial charge in [0, 0.05) is 12.4 Å². The first-order chi connectivity index (χ1) is 7.75. The van der Waals surface area contributed by atoms with Crippen LogP contribution < -0.4 is 5.32 Å². The van der Waals surface area contributed by atoms with Gasteiger partial charge in [-0.05, 0) is 19.8 Å². The summed E-state index contributed by atoms with van der Waals surface area (Å²) < 4.78 is 0. The lowest BCUT2D eigenvalue weighted by Gasteiger charge is -2.03. The molecule has 1 aromatic heterocycles. The standard InChI is InChI=1S/C11H17ClN2OS/c1-9-10(16-8-14-9)11(15)13-7-5-3-2-4-6-12/h8H,2-7H2,1H3,(H,13,15). The third-order valence-corrected chi connectivity index (χ3v) is 3.49. The van der Waals surface area contributed by atoms with E-state index in [-0.39, 0.29) is 5.91 Å². The molecule has 0 radical (unpaired) electrons. The molecular weight excluding hydrogens is 244 g/mol. The molecule has 0 bridgehead atoms. The van der Waals surface area contributed by atoms with Gasteiger partial charge in [0.25, 0.3) is 5.91 Å². The summed E-state index contributed by atoms with van der Waals surface area (Å²) in [5.41, 5.74) is 2.51. The number of halogens is 1. The van der Waals surface area contributed by atoms with E-state index in [1.165, 1.54) is 11.3 Å². The first kappa shape index (κ1) is 13.5. The van der Waals surface area contributed by atoms with Crippen LogP contribution in [0.15, 0.2) is 5.51 Å². The number of thiazole rings is 1. The molecule has 90 valence electrons. The number of hydrogen-bond acceptors (Lipinski definition) is 3. The molecule has 1 aromatic rings. The summed E-state index contributed by atoms with van der Waals surface area (Å²) in [7, 11) is 0. The van der Waals surface area contributed by atoms with Crippen LogP contribution in [0.25, 0.3) is 0 Å². The molecule has 0 aliphatic carbocycles. The maximum atomic E-state index is 11.7. The lowest BCUT2D eigenvalue weighted by molar-refractivity contribution is 0.0956. The van der Waals surface area contributed by atoms with E-state index in [4.69, 9.17) is 11.6 Å². The molecule has 5 heteroatoms. The molecule has 1 amide bonds. The number of alkyl halides is 1. The maximum Gasteiger partial charge on any atom is 0.263 e. The van der Waals surface area contributed by atoms with Gasteiger partial charge in [-0.3, -0.25) is 4.79 Å². The monoisotopic (exact) mass is 260 g/mol. The Labute approximate surface area is 105 Å². The zero-order valence-corrected chi connectivity index (χ0v) is 11.0. The van der Waals surface area contributed by atoms with Crippen molar-refractivity contribution in [2.75, 3.05) is 12.4 Å². The van der Waals surface area contributed by atoms with E-state index >= 15 is 0 Å². The Morgan fingerprint density at radius 1 is 1.44 bits per heavy atom. The normalized spacial score (nSPS) is 10.4. The van der Waals surface area contributed by atoms with Gasteiger partial charge >= 0.3 is 0 Å². The Kier molecular flexibility index (Phi) is 6.42. The van der Waals surface area contributed by atoms with Crippen molar-refractivity contribution in [3.63, 3.8) is 0 Å². The van der Waals surface area contributed by atoms with E-state index in [1.807, 2.05) is 6.92 Å². The SMILES string of the molecule is Cc1ncsc1C(=O)NCCCCCCCl. The number of aromatic nitrogens is 1. The zero-order valence-electron chi connectivity index (χ0n) is 9.46. The quantitative estimate of drug-likeness (QED) is 0.605. The van der Waals surface area contributed by atoms with Crippen molar-refractivity contribution in [1.29, 1.82) is 0 Å². The van der Waals surface area contributed by atoms with E-state index in [0.29, 0.717) is 0 Å². The number of carbonyl (C=O) groups excluding carboxylic acids is 1. The number of nitrogens with zero attached hydrogens (tertiary/aromatic N) is 1. The van der Waals surface area contributed by atoms with E-state index in [1.54, 1.807) is 5.51 Å². The van der Waals surface area contributed by atoms with Crippen LogP contribution >= 0.6 is 22.9 Å². The predicted octanol–water partition coefficient (Wildman–Crippen LogP) is 2.98. The smallest absolute Gasteiger partial charge is 0.263 e. The van der Waals surface area contributed by atoms with Crippen molar-refractivity contribution < 1.29 is 4.79 Å². The predicted molar refractivity (Wildman–Crippen MR) is 68.4 cm³/mol. The second kappa shape index (κ2) is 7.63. The Balaban J connectivity index is 2.14. The third kappa shape index (κ3) is 4.49. The van der Waals surface area contributed by atoms with Gasteiger partial charge in [-0.1, -0.05) is 12.8 Å². The number of amides is 1. The van der Waals surface area contributed by atoms with Gasteiger partial charge < -0.3 is 5.32 Å². The van der Waals surface area contributed by atoms with Crippen LogP contribution in [0.1, 0.15) is 41.0 Å². The third-order valence-electron chi connectivity index (χ3n) is 2.30. The molecule has 1 N–H and O–H groups in total. The minimum absolute atomic E-state index is 0.00246. The van der Waals surface area contributed by atoms with Crippen LogP contribution in [0.5, 0.6) is 0 Å². The molecule has 0 aliphatic heterocycles. The highest BCUT2D eigenvalue weighted by molar-refractivity contribution is 7.11. The Morgan fingerprint density at radius 3 is 2.81 bits per heavy atom. The molecule has 0 aromatic carbocycles. The number of carbonyl (C=O) groups is 1. The lowest BCUT2D eigenvalue weighted by Crippen LogP contribution is -2.24. The van der Waals surface area contributed by atoms with Crippen molar-refractivity contribution >= 4 is 28.8 Å². The molecular formula is C11H17ClN2OS. The summed E-state index contributed by atoms with van der Waals surface area (Å²) in [5.74, 6) is 0.726. The van der Waals surface area contributed by atoms with Gasteiger partial charge in [-0.15, -0.1) is 22.9 Å². The fourth-order valence-electron chi connectivity index (χ4n) is 1.38. The molecule has 3 nitrogen and oxygen atoms in total. The fraction of sp³-hybridized carbons (Fsp3) is 0.636. The van der Waals surface area contributed by atoms with Crippen LogP contribution in [0.4, 0.5) is 0 Å². The molecule has 0 spiro atoms. The Morgan fingerprint density at radius 2 is 2.19 bits per heavy atom. The summed E-state index contributed by atoms with van der Waals surface area (Å²) in [6, 6.07) is 0. The summed E-state index contributed by atoms with van der Waals surface area (Å²) in [6.07, 6.45) is 4.33. The van der Waals surface area contributed by atoms with Crippen LogP contribution in [0.2, 0.25) is 0 Å². The molecule has 16 heavy (non-hydrogen) atoms. The molecule has 0 saturated carbocycles. The van der Waals surface area contributed by atoms with Crippen LogP contribution in [-0.4, -0.2) is 23.3 Å². The van der Waals surface area contributed by atoms with Crippen molar-refractivity contribution in [3.8, 4) is 0 Å². The highest BCUT2D eigenvalue weighted by Gasteiger charge is 2.10. The molecule has 1 rings (SSSR count). The van der Waals surface area contributed by atoms with Crippen molar-refractivity contribution in [3.05, 3.63) is 16.1 Å². The summed E-state index contributed by atoms with van der Waals surface area (Å²) in [5, 5.41) is 2.90. The number of aryl methyl sites for hydroxylation is 1. The van der Waals surface area contributed by atoms with Crippen molar-refractivity contribution in [1.82, 2.24) is 10.3 Å². The Bertz CT molecular complexity index is 328. The number of nitrogens with one attached hydrogen (secondary N) is 1. The minimum Gasteiger partial charge on any atom is -0.351 e. The first-order valence-corrected chi connectivity index (χ1v) is 6.91. The summed E-state index contributed by atoms with van der Waals surface area (Å²) in [6.45, 7) is 2.59. The van der Waals surface area contributed by atoms with Gasteiger partial charge in [0.2, 0.25) is 0 Å². The van der Waals surface area contributed by atoms with E-state index in [0.717, 1.165) is 48.7 Å². The van der Waals surface area contributed by atoms with Gasteiger partial charge in [0.1, 0.15) is 4.88 Å². The van der Waals surface area contributed by atoms with Crippen LogP contribution in [-0.2, 0) is 0 Å². The molecule has 0 aliphatic rings. The second-order valence-corrected chi connectivity index (χ2v) is 4.86. The number of unbranched alkanes of at least 4 members (excludes halogenated alkanes) is 3. The topological polar surface area (TPSA) is 42.0 Å². The number of hydrogen-bond donors (Lipinski definition) is 1. The highest BCUT2D eigenvalue weighted by atomic mass is 35.5. The Hall–Kier alpha value is -0.610. The van der Waals surface area contributed by atoms with E-state index in [9.17, 15) is 4.79 Å². The second-order valence-electron chi connectivity index (χ2n) is 3.63. The molecule has 0 atom stereocenters. The van der Waals surface area contributed by atoms with Gasteiger partial charge in [-0.25, -0.2) is 4.98 Å². The van der Waals surface area contributed by atoms with Gasteiger partial charge in [0.05, 0.1) is 11.2 Å². The van der Waals surface area contributed by atoms with Gasteiger partial charge in [0.15, 0.2) is 0 Å². The van der Waals surface area contributed by atoms with Gasteiger partial charge in [-0.2, -0.15) is 0 Å². The molecule has 0 saturated heterocycles. The highest BCUT2D eigenvalue weighted by Crippen LogP contribution is 2.11. The molecule has 1 heterocycles. The van der Waals surface area contributed by atoms with Crippen molar-refractivity contribution in [2.24, 2.45) is 0 Å². The lowest BCUT2D eigenvalue weighted by atomic mass is 10.2. The van der Waals surface area contributed by atoms with Crippen LogP contribution in [0.3, 0.4) is 0 Å². The fourth-order valence-corrected chi connectivity index (χ4v) is 2.28. The van der Waals surface area contributed by atoms with Crippen LogP contribution in [0, 0.1) is 6.92 Å². The summed E-state index contributed by atoms with van der Waals surface area (Å²) >= 11 is 6.96. The maximum absolute atomic E-state index is 11.7. The average Bonchev–Trinajstić information content (AvgIpc) is 2.69. The zero-order chi connectivity index (χ0) is 11.8. The van der Waals surface area contributed by atoms with E-state index < -0.39 is 0 Å². The number of rotatable bonds is 7. The minimum atomic E-state index is -0.00246. The average molecular weight is 261 g/mol. The largest absolute Gasteiger partial charge is 0.351 e. The molecule has 0 fully saturated rings. The molecule has 0 unspecified atom stereocenters. The first-order valence-electron chi connectivity index (χ1n) is 5.50. The van der Waals surface area contributed by atoms with E-state index in [2.05, 4.69) is 10.3 Å². The summed E-state index contributed by atoms with van der Waals surface area (Å²) in [4.78, 5) is 16.4.